The molecule has 0 saturated heterocycles. The quantitative estimate of drug-likeness (QED) is 0.403. The van der Waals surface area contributed by atoms with Crippen LogP contribution in [0.2, 0.25) is 0 Å². The Morgan fingerprint density at radius 3 is 2.68 bits per heavy atom. The third-order valence-corrected chi connectivity index (χ3v) is 2.76. The van der Waals surface area contributed by atoms with Gasteiger partial charge in [0.15, 0.2) is 0 Å². The average molecular weight is 297 g/mol. The highest BCUT2D eigenvalue weighted by Crippen LogP contribution is 2.24. The number of nitro benzene ring substituents is 1. The number of amides is 1. The molecule has 2 aromatic rings. The fourth-order valence-corrected chi connectivity index (χ4v) is 1.75. The highest BCUT2D eigenvalue weighted by molar-refractivity contribution is 6.10. The van der Waals surface area contributed by atoms with Gasteiger partial charge in [0.25, 0.3) is 11.6 Å². The summed E-state index contributed by atoms with van der Waals surface area (Å²) >= 11 is 0. The van der Waals surface area contributed by atoms with Crippen LogP contribution < -0.4 is 5.32 Å². The fraction of sp³-hybridized carbons (Fsp3) is 0.0667. The summed E-state index contributed by atoms with van der Waals surface area (Å²) in [7, 11) is 0. The minimum Gasteiger partial charge on any atom is -0.462 e. The molecule has 0 aliphatic heterocycles. The molecule has 1 heterocycles. The van der Waals surface area contributed by atoms with Gasteiger partial charge in [-0.05, 0) is 25.1 Å². The number of nitrogens with one attached hydrogen (secondary N) is 1. The van der Waals surface area contributed by atoms with Crippen LogP contribution in [0, 0.1) is 28.4 Å². The molecular formula is C15H11N3O4. The number of hydrogen-bond acceptors (Lipinski definition) is 5. The molecule has 22 heavy (non-hydrogen) atoms. The van der Waals surface area contributed by atoms with Crippen LogP contribution in [0.3, 0.4) is 0 Å². The van der Waals surface area contributed by atoms with Crippen LogP contribution in [0.4, 0.5) is 11.4 Å². The third kappa shape index (κ3) is 3.37. The van der Waals surface area contributed by atoms with E-state index in [0.29, 0.717) is 11.5 Å². The second kappa shape index (κ2) is 6.37. The molecule has 0 aliphatic rings. The monoisotopic (exact) mass is 297 g/mol. The summed E-state index contributed by atoms with van der Waals surface area (Å²) in [6, 6.07) is 10.8. The average Bonchev–Trinajstić information content (AvgIpc) is 2.90. The number of para-hydroxylation sites is 2. The maximum atomic E-state index is 12.1. The van der Waals surface area contributed by atoms with Gasteiger partial charge in [0, 0.05) is 12.1 Å². The van der Waals surface area contributed by atoms with Gasteiger partial charge in [-0.2, -0.15) is 5.26 Å². The van der Waals surface area contributed by atoms with E-state index in [2.05, 4.69) is 5.32 Å². The van der Waals surface area contributed by atoms with Crippen molar-refractivity contribution in [3.63, 3.8) is 0 Å². The molecular weight excluding hydrogens is 286 g/mol. The van der Waals surface area contributed by atoms with E-state index in [0.717, 1.165) is 0 Å². The van der Waals surface area contributed by atoms with Crippen molar-refractivity contribution in [3.8, 4) is 6.07 Å². The number of carbonyl (C=O) groups is 1. The lowest BCUT2D eigenvalue weighted by Gasteiger charge is -2.04. The number of furan rings is 1. The SMILES string of the molecule is Cc1ccc(/C=C(\C#N)C(=O)Nc2ccccc2[N+](=O)[O-])o1. The van der Waals surface area contributed by atoms with Crippen LogP contribution in [0.5, 0.6) is 0 Å². The predicted molar refractivity (Wildman–Crippen MR) is 78.8 cm³/mol. The second-order valence-corrected chi connectivity index (χ2v) is 4.35. The van der Waals surface area contributed by atoms with Gasteiger partial charge in [0.1, 0.15) is 28.9 Å². The molecule has 0 radical (unpaired) electrons. The molecule has 0 atom stereocenters. The van der Waals surface area contributed by atoms with E-state index in [9.17, 15) is 14.9 Å². The van der Waals surface area contributed by atoms with Gasteiger partial charge in [-0.3, -0.25) is 14.9 Å². The zero-order valence-electron chi connectivity index (χ0n) is 11.6. The molecule has 1 aromatic carbocycles. The maximum Gasteiger partial charge on any atom is 0.292 e. The molecule has 110 valence electrons. The molecule has 1 aromatic heterocycles. The van der Waals surface area contributed by atoms with Crippen LogP contribution in [-0.4, -0.2) is 10.8 Å². The molecule has 0 bridgehead atoms. The molecule has 0 spiro atoms. The van der Waals surface area contributed by atoms with E-state index >= 15 is 0 Å². The zero-order chi connectivity index (χ0) is 16.1. The Morgan fingerprint density at radius 1 is 1.36 bits per heavy atom. The van der Waals surface area contributed by atoms with Gasteiger partial charge in [-0.15, -0.1) is 0 Å². The van der Waals surface area contributed by atoms with Crippen molar-refractivity contribution in [1.29, 1.82) is 5.26 Å². The number of aryl methyl sites for hydroxylation is 1. The third-order valence-electron chi connectivity index (χ3n) is 2.76. The summed E-state index contributed by atoms with van der Waals surface area (Å²) in [5, 5.41) is 22.3. The number of nitriles is 1. The lowest BCUT2D eigenvalue weighted by molar-refractivity contribution is -0.383. The molecule has 1 amide bonds. The first kappa shape index (κ1) is 15.0. The van der Waals surface area contributed by atoms with E-state index in [1.165, 1.54) is 24.3 Å². The molecule has 0 unspecified atom stereocenters. The van der Waals surface area contributed by atoms with Crippen LogP contribution in [0.15, 0.2) is 46.4 Å². The number of rotatable bonds is 4. The summed E-state index contributed by atoms with van der Waals surface area (Å²) < 4.78 is 5.26. The first-order valence-corrected chi connectivity index (χ1v) is 6.24. The summed E-state index contributed by atoms with van der Waals surface area (Å²) in [6.07, 6.45) is 1.27. The molecule has 0 fully saturated rings. The van der Waals surface area contributed by atoms with E-state index in [1.807, 2.05) is 0 Å². The zero-order valence-corrected chi connectivity index (χ0v) is 11.6. The first-order valence-electron chi connectivity index (χ1n) is 6.24. The van der Waals surface area contributed by atoms with E-state index < -0.39 is 10.8 Å². The van der Waals surface area contributed by atoms with Crippen molar-refractivity contribution in [3.05, 3.63) is 63.6 Å². The first-order chi connectivity index (χ1) is 10.5. The molecule has 0 saturated carbocycles. The maximum absolute atomic E-state index is 12.1. The largest absolute Gasteiger partial charge is 0.462 e. The Labute approximate surface area is 125 Å². The molecule has 1 N–H and O–H groups in total. The van der Waals surface area contributed by atoms with Crippen LogP contribution in [0.1, 0.15) is 11.5 Å². The number of benzene rings is 1. The van der Waals surface area contributed by atoms with Gasteiger partial charge < -0.3 is 9.73 Å². The second-order valence-electron chi connectivity index (χ2n) is 4.35. The molecule has 7 nitrogen and oxygen atoms in total. The number of carbonyl (C=O) groups excluding carboxylic acids is 1. The smallest absolute Gasteiger partial charge is 0.292 e. The van der Waals surface area contributed by atoms with Gasteiger partial charge >= 0.3 is 0 Å². The van der Waals surface area contributed by atoms with Crippen molar-refractivity contribution < 1.29 is 14.1 Å². The summed E-state index contributed by atoms with van der Waals surface area (Å²) in [4.78, 5) is 22.3. The number of hydrogen-bond donors (Lipinski definition) is 1. The normalized spacial score (nSPS) is 10.8. The van der Waals surface area contributed by atoms with E-state index in [-0.39, 0.29) is 16.9 Å². The van der Waals surface area contributed by atoms with Crippen LogP contribution in [-0.2, 0) is 4.79 Å². The highest BCUT2D eigenvalue weighted by Gasteiger charge is 2.17. The van der Waals surface area contributed by atoms with Crippen LogP contribution in [0.25, 0.3) is 6.08 Å². The minimum absolute atomic E-state index is 0.0225. The van der Waals surface area contributed by atoms with Crippen molar-refractivity contribution in [2.24, 2.45) is 0 Å². The van der Waals surface area contributed by atoms with Gasteiger partial charge in [-0.25, -0.2) is 0 Å². The molecule has 7 heteroatoms. The summed E-state index contributed by atoms with van der Waals surface area (Å²) in [5.74, 6) is 0.250. The Hall–Kier alpha value is -3.40. The minimum atomic E-state index is -0.745. The lowest BCUT2D eigenvalue weighted by Crippen LogP contribution is -2.14. The molecule has 2 rings (SSSR count). The standard InChI is InChI=1S/C15H11N3O4/c1-10-6-7-12(22-10)8-11(9-16)15(19)17-13-4-2-3-5-14(13)18(20)21/h2-8H,1H3,(H,17,19)/b11-8+. The van der Waals surface area contributed by atoms with Gasteiger partial charge in [-0.1, -0.05) is 12.1 Å². The summed E-state index contributed by atoms with van der Waals surface area (Å²) in [5.41, 5.74) is -0.441. The van der Waals surface area contributed by atoms with E-state index in [1.54, 1.807) is 31.2 Å². The number of anilines is 1. The van der Waals surface area contributed by atoms with Crippen molar-refractivity contribution in [2.45, 2.75) is 6.92 Å². The highest BCUT2D eigenvalue weighted by atomic mass is 16.6. The Morgan fingerprint density at radius 2 is 2.09 bits per heavy atom. The van der Waals surface area contributed by atoms with Crippen molar-refractivity contribution >= 4 is 23.4 Å². The summed E-state index contributed by atoms with van der Waals surface area (Å²) in [6.45, 7) is 1.73. The fourth-order valence-electron chi connectivity index (χ4n) is 1.75. The lowest BCUT2D eigenvalue weighted by atomic mass is 10.2. The van der Waals surface area contributed by atoms with Gasteiger partial charge in [0.2, 0.25) is 0 Å². The van der Waals surface area contributed by atoms with Gasteiger partial charge in [0.05, 0.1) is 4.92 Å². The van der Waals surface area contributed by atoms with Crippen LogP contribution >= 0.6 is 0 Å². The van der Waals surface area contributed by atoms with Crippen molar-refractivity contribution in [1.82, 2.24) is 0 Å². The predicted octanol–water partition coefficient (Wildman–Crippen LogP) is 3.04. The van der Waals surface area contributed by atoms with Crippen molar-refractivity contribution in [2.75, 3.05) is 5.32 Å². The number of nitrogens with zero attached hydrogens (tertiary/aromatic N) is 2. The topological polar surface area (TPSA) is 109 Å². The molecule has 0 aliphatic carbocycles. The Kier molecular flexibility index (Phi) is 4.34. The Balaban J connectivity index is 2.26. The number of nitro groups is 1. The van der Waals surface area contributed by atoms with E-state index in [4.69, 9.17) is 9.68 Å². The Bertz CT molecular complexity index is 799.